The number of hydrogen-bond donors (Lipinski definition) is 0. The minimum absolute atomic E-state index is 0.768. The lowest BCUT2D eigenvalue weighted by molar-refractivity contribution is 0.112. The molecule has 0 unspecified atom stereocenters. The summed E-state index contributed by atoms with van der Waals surface area (Å²) in [7, 11) is 0. The van der Waals surface area contributed by atoms with Crippen molar-refractivity contribution in [2.75, 3.05) is 0 Å². The van der Waals surface area contributed by atoms with Crippen LogP contribution in [0.2, 0.25) is 0 Å². The minimum Gasteiger partial charge on any atom is -0.298 e. The molecule has 0 saturated carbocycles. The summed E-state index contributed by atoms with van der Waals surface area (Å²) in [6, 6.07) is 6.03. The molecule has 0 aliphatic carbocycles. The number of aldehydes is 1. The molecule has 1 heteroatoms. The van der Waals surface area contributed by atoms with Gasteiger partial charge in [-0.25, -0.2) is 0 Å². The third-order valence-electron chi connectivity index (χ3n) is 4.61. The van der Waals surface area contributed by atoms with Gasteiger partial charge in [-0.1, -0.05) is 23.8 Å². The number of hydrogen-bond acceptors (Lipinski definition) is 1. The zero-order chi connectivity index (χ0) is 15.0. The SMILES string of the molecule is Cc1ccc(C=O)c(-c2c(C)c(C)c(C)c(C)c2C)c1. The van der Waals surface area contributed by atoms with Gasteiger partial charge in [0.1, 0.15) is 0 Å². The lowest BCUT2D eigenvalue weighted by atomic mass is 9.84. The van der Waals surface area contributed by atoms with E-state index in [4.69, 9.17) is 0 Å². The van der Waals surface area contributed by atoms with Crippen molar-refractivity contribution in [2.45, 2.75) is 41.5 Å². The molecule has 0 atom stereocenters. The van der Waals surface area contributed by atoms with Crippen molar-refractivity contribution in [2.24, 2.45) is 0 Å². The van der Waals surface area contributed by atoms with Crippen LogP contribution in [0.3, 0.4) is 0 Å². The van der Waals surface area contributed by atoms with Crippen LogP contribution in [0.5, 0.6) is 0 Å². The van der Waals surface area contributed by atoms with E-state index in [1.165, 1.54) is 38.9 Å². The number of benzene rings is 2. The maximum absolute atomic E-state index is 11.4. The van der Waals surface area contributed by atoms with E-state index in [9.17, 15) is 4.79 Å². The van der Waals surface area contributed by atoms with Gasteiger partial charge in [0.25, 0.3) is 0 Å². The maximum Gasteiger partial charge on any atom is 0.150 e. The van der Waals surface area contributed by atoms with E-state index < -0.39 is 0 Å². The second kappa shape index (κ2) is 5.24. The lowest BCUT2D eigenvalue weighted by Gasteiger charge is -2.20. The first kappa shape index (κ1) is 14.5. The summed E-state index contributed by atoms with van der Waals surface area (Å²) < 4.78 is 0. The van der Waals surface area contributed by atoms with Gasteiger partial charge < -0.3 is 0 Å². The Hall–Kier alpha value is -1.89. The average Bonchev–Trinajstić information content (AvgIpc) is 2.43. The Labute approximate surface area is 121 Å². The van der Waals surface area contributed by atoms with Crippen LogP contribution in [-0.4, -0.2) is 6.29 Å². The predicted molar refractivity (Wildman–Crippen MR) is 85.7 cm³/mol. The van der Waals surface area contributed by atoms with E-state index >= 15 is 0 Å². The fraction of sp³-hybridized carbons (Fsp3) is 0.316. The maximum atomic E-state index is 11.4. The van der Waals surface area contributed by atoms with Crippen LogP contribution in [0.25, 0.3) is 11.1 Å². The molecule has 0 aromatic heterocycles. The molecule has 0 spiro atoms. The molecule has 0 aliphatic rings. The fourth-order valence-corrected chi connectivity index (χ4v) is 2.89. The third-order valence-corrected chi connectivity index (χ3v) is 4.61. The first-order valence-electron chi connectivity index (χ1n) is 7.01. The van der Waals surface area contributed by atoms with Crippen LogP contribution in [0.1, 0.15) is 43.7 Å². The van der Waals surface area contributed by atoms with Crippen molar-refractivity contribution in [1.29, 1.82) is 0 Å². The predicted octanol–water partition coefficient (Wildman–Crippen LogP) is 5.02. The summed E-state index contributed by atoms with van der Waals surface area (Å²) in [5.41, 5.74) is 10.8. The molecule has 0 heterocycles. The smallest absolute Gasteiger partial charge is 0.150 e. The second-order valence-electron chi connectivity index (χ2n) is 5.71. The lowest BCUT2D eigenvalue weighted by Crippen LogP contribution is -2.01. The molecular formula is C19H22O. The van der Waals surface area contributed by atoms with Gasteiger partial charge in [0, 0.05) is 5.56 Å². The summed E-state index contributed by atoms with van der Waals surface area (Å²) in [5, 5.41) is 0. The summed E-state index contributed by atoms with van der Waals surface area (Å²) in [6.45, 7) is 12.9. The number of rotatable bonds is 2. The minimum atomic E-state index is 0.768. The first-order chi connectivity index (χ1) is 9.38. The Bertz CT molecular complexity index is 664. The van der Waals surface area contributed by atoms with Gasteiger partial charge in [0.05, 0.1) is 0 Å². The normalized spacial score (nSPS) is 10.7. The van der Waals surface area contributed by atoms with Gasteiger partial charge in [-0.2, -0.15) is 0 Å². The molecule has 0 bridgehead atoms. The standard InChI is InChI=1S/C19H22O/c1-11-7-8-17(10-20)18(9-11)19-15(5)13(3)12(2)14(4)16(19)6/h7-10H,1-6H3. The summed E-state index contributed by atoms with van der Waals surface area (Å²) >= 11 is 0. The Morgan fingerprint density at radius 3 is 1.75 bits per heavy atom. The van der Waals surface area contributed by atoms with Gasteiger partial charge in [-0.05, 0) is 80.5 Å². The fourth-order valence-electron chi connectivity index (χ4n) is 2.89. The highest BCUT2D eigenvalue weighted by Crippen LogP contribution is 2.35. The molecule has 2 aromatic carbocycles. The van der Waals surface area contributed by atoms with Gasteiger partial charge >= 0.3 is 0 Å². The molecule has 0 radical (unpaired) electrons. The second-order valence-corrected chi connectivity index (χ2v) is 5.71. The molecule has 20 heavy (non-hydrogen) atoms. The van der Waals surface area contributed by atoms with Crippen LogP contribution < -0.4 is 0 Å². The quantitative estimate of drug-likeness (QED) is 0.698. The van der Waals surface area contributed by atoms with E-state index in [0.717, 1.165) is 17.4 Å². The van der Waals surface area contributed by atoms with Crippen LogP contribution >= 0.6 is 0 Å². The third kappa shape index (κ3) is 2.18. The molecule has 0 N–H and O–H groups in total. The topological polar surface area (TPSA) is 17.1 Å². The molecule has 2 aromatic rings. The van der Waals surface area contributed by atoms with E-state index in [0.29, 0.717) is 0 Å². The highest BCUT2D eigenvalue weighted by Gasteiger charge is 2.16. The van der Waals surface area contributed by atoms with Gasteiger partial charge in [-0.3, -0.25) is 4.79 Å². The summed E-state index contributed by atoms with van der Waals surface area (Å²) in [6.07, 6.45) is 0.957. The molecule has 0 fully saturated rings. The average molecular weight is 266 g/mol. The number of carbonyl (C=O) groups is 1. The van der Waals surface area contributed by atoms with E-state index in [2.05, 4.69) is 47.6 Å². The van der Waals surface area contributed by atoms with Gasteiger partial charge in [0.2, 0.25) is 0 Å². The van der Waals surface area contributed by atoms with Crippen molar-refractivity contribution >= 4 is 6.29 Å². The van der Waals surface area contributed by atoms with Crippen LogP contribution in [0.15, 0.2) is 18.2 Å². The Balaban J connectivity index is 2.90. The summed E-state index contributed by atoms with van der Waals surface area (Å²) in [5.74, 6) is 0. The van der Waals surface area contributed by atoms with Crippen LogP contribution in [-0.2, 0) is 0 Å². The first-order valence-corrected chi connectivity index (χ1v) is 7.01. The highest BCUT2D eigenvalue weighted by atomic mass is 16.1. The van der Waals surface area contributed by atoms with Gasteiger partial charge in [-0.15, -0.1) is 0 Å². The van der Waals surface area contributed by atoms with Crippen molar-refractivity contribution in [3.05, 3.63) is 57.1 Å². The van der Waals surface area contributed by atoms with E-state index in [1.54, 1.807) is 0 Å². The molecule has 2 rings (SSSR count). The monoisotopic (exact) mass is 266 g/mol. The van der Waals surface area contributed by atoms with Crippen molar-refractivity contribution in [3.63, 3.8) is 0 Å². The zero-order valence-corrected chi connectivity index (χ0v) is 13.2. The zero-order valence-electron chi connectivity index (χ0n) is 13.2. The van der Waals surface area contributed by atoms with Crippen molar-refractivity contribution < 1.29 is 4.79 Å². The van der Waals surface area contributed by atoms with Crippen molar-refractivity contribution in [3.8, 4) is 11.1 Å². The van der Waals surface area contributed by atoms with Gasteiger partial charge in [0.15, 0.2) is 6.29 Å². The summed E-state index contributed by atoms with van der Waals surface area (Å²) in [4.78, 5) is 11.4. The number of aryl methyl sites for hydroxylation is 1. The van der Waals surface area contributed by atoms with Crippen molar-refractivity contribution in [1.82, 2.24) is 0 Å². The van der Waals surface area contributed by atoms with E-state index in [1.807, 2.05) is 12.1 Å². The van der Waals surface area contributed by atoms with Crippen LogP contribution in [0, 0.1) is 41.5 Å². The van der Waals surface area contributed by atoms with E-state index in [-0.39, 0.29) is 0 Å². The number of carbonyl (C=O) groups excluding carboxylic acids is 1. The molecule has 0 aliphatic heterocycles. The molecule has 0 amide bonds. The Morgan fingerprint density at radius 2 is 1.25 bits per heavy atom. The molecule has 0 saturated heterocycles. The highest BCUT2D eigenvalue weighted by molar-refractivity contribution is 5.90. The Morgan fingerprint density at radius 1 is 0.750 bits per heavy atom. The molecular weight excluding hydrogens is 244 g/mol. The molecule has 104 valence electrons. The largest absolute Gasteiger partial charge is 0.298 e. The molecule has 1 nitrogen and oxygen atoms in total. The van der Waals surface area contributed by atoms with Crippen LogP contribution in [0.4, 0.5) is 0 Å². The Kier molecular flexibility index (Phi) is 3.80.